The van der Waals surface area contributed by atoms with E-state index in [9.17, 15) is 0 Å². The van der Waals surface area contributed by atoms with Crippen molar-refractivity contribution >= 4 is 32.3 Å². The third-order valence-electron chi connectivity index (χ3n) is 10.4. The summed E-state index contributed by atoms with van der Waals surface area (Å²) in [6.07, 6.45) is 3.70. The van der Waals surface area contributed by atoms with E-state index < -0.39 is 0 Å². The summed E-state index contributed by atoms with van der Waals surface area (Å²) < 4.78 is 0. The number of pyridine rings is 1. The van der Waals surface area contributed by atoms with Crippen LogP contribution in [0.3, 0.4) is 0 Å². The summed E-state index contributed by atoms with van der Waals surface area (Å²) in [5, 5.41) is 7.35. The van der Waals surface area contributed by atoms with Gasteiger partial charge in [-0.25, -0.2) is 9.97 Å². The van der Waals surface area contributed by atoms with Gasteiger partial charge >= 0.3 is 0 Å². The predicted octanol–water partition coefficient (Wildman–Crippen LogP) is 13.3. The minimum absolute atomic E-state index is 0.692. The quantitative estimate of drug-likeness (QED) is 0.163. The number of hydrogen-bond acceptors (Lipinski definition) is 3. The standard InChI is InChI=1S/C51H33N3/c1-2-10-39-29-42(27-24-34(39)9-1)50-32-49(38-25-22-36(23-26-38)35-18-20-37(21-19-35)44-14-8-28-52-33-44)53-51(54-50)43-13-7-12-40(30-43)48-31-41-11-3-4-15-45(41)46-16-5-6-17-47(46)48/h1-33H. The van der Waals surface area contributed by atoms with Crippen molar-refractivity contribution in [3.63, 3.8) is 0 Å². The van der Waals surface area contributed by atoms with Gasteiger partial charge in [0.05, 0.1) is 11.4 Å². The Kier molecular flexibility index (Phi) is 7.81. The van der Waals surface area contributed by atoms with Gasteiger partial charge in [-0.2, -0.15) is 0 Å². The maximum Gasteiger partial charge on any atom is 0.160 e. The molecule has 10 aromatic rings. The normalized spacial score (nSPS) is 11.3. The van der Waals surface area contributed by atoms with Crippen molar-refractivity contribution < 1.29 is 0 Å². The molecule has 54 heavy (non-hydrogen) atoms. The SMILES string of the molecule is c1cncc(-c2ccc(-c3ccc(-c4cc(-c5ccc6ccccc6c5)nc(-c5cccc(-c6cc7ccccc7c7ccccc67)c5)n4)cc3)cc2)c1. The average Bonchev–Trinajstić information content (AvgIpc) is 3.26. The lowest BCUT2D eigenvalue weighted by atomic mass is 9.92. The van der Waals surface area contributed by atoms with Crippen LogP contribution >= 0.6 is 0 Å². The minimum atomic E-state index is 0.692. The molecule has 0 atom stereocenters. The minimum Gasteiger partial charge on any atom is -0.264 e. The van der Waals surface area contributed by atoms with E-state index in [0.29, 0.717) is 5.82 Å². The lowest BCUT2D eigenvalue weighted by Crippen LogP contribution is -1.96. The van der Waals surface area contributed by atoms with E-state index in [2.05, 4.69) is 187 Å². The Bertz CT molecular complexity index is 2970. The molecule has 252 valence electrons. The molecular formula is C51H33N3. The molecule has 0 radical (unpaired) electrons. The van der Waals surface area contributed by atoms with Crippen LogP contribution in [0.5, 0.6) is 0 Å². The molecule has 3 nitrogen and oxygen atoms in total. The first kappa shape index (κ1) is 31.5. The summed E-state index contributed by atoms with van der Waals surface area (Å²) in [5.41, 5.74) is 11.7. The smallest absolute Gasteiger partial charge is 0.160 e. The van der Waals surface area contributed by atoms with Crippen LogP contribution in [0.2, 0.25) is 0 Å². The highest BCUT2D eigenvalue weighted by molar-refractivity contribution is 6.13. The lowest BCUT2D eigenvalue weighted by molar-refractivity contribution is 1.18. The Morgan fingerprint density at radius 1 is 0.296 bits per heavy atom. The molecule has 0 spiro atoms. The van der Waals surface area contributed by atoms with Crippen molar-refractivity contribution in [3.05, 3.63) is 200 Å². The van der Waals surface area contributed by atoms with Gasteiger partial charge in [0.1, 0.15) is 0 Å². The monoisotopic (exact) mass is 687 g/mol. The Morgan fingerprint density at radius 2 is 0.870 bits per heavy atom. The van der Waals surface area contributed by atoms with Gasteiger partial charge in [-0.1, -0.05) is 158 Å². The van der Waals surface area contributed by atoms with E-state index in [4.69, 9.17) is 9.97 Å². The number of nitrogens with zero attached hydrogens (tertiary/aromatic N) is 3. The van der Waals surface area contributed by atoms with E-state index in [1.54, 1.807) is 6.20 Å². The van der Waals surface area contributed by atoms with Crippen molar-refractivity contribution in [1.82, 2.24) is 15.0 Å². The fourth-order valence-electron chi connectivity index (χ4n) is 7.56. The van der Waals surface area contributed by atoms with Crippen LogP contribution in [-0.4, -0.2) is 15.0 Å². The van der Waals surface area contributed by atoms with Crippen LogP contribution in [0, 0.1) is 0 Å². The largest absolute Gasteiger partial charge is 0.264 e. The third-order valence-corrected chi connectivity index (χ3v) is 10.4. The molecule has 0 aliphatic heterocycles. The van der Waals surface area contributed by atoms with Gasteiger partial charge < -0.3 is 0 Å². The molecule has 0 bridgehead atoms. The summed E-state index contributed by atoms with van der Waals surface area (Å²) in [6, 6.07) is 66.8. The van der Waals surface area contributed by atoms with Crippen molar-refractivity contribution in [1.29, 1.82) is 0 Å². The van der Waals surface area contributed by atoms with Crippen LogP contribution in [0.15, 0.2) is 200 Å². The zero-order valence-corrected chi connectivity index (χ0v) is 29.4. The van der Waals surface area contributed by atoms with Crippen LogP contribution in [0.25, 0.3) is 99.6 Å². The first-order chi connectivity index (χ1) is 26.7. The predicted molar refractivity (Wildman–Crippen MR) is 225 cm³/mol. The summed E-state index contributed by atoms with van der Waals surface area (Å²) in [7, 11) is 0. The van der Waals surface area contributed by atoms with Crippen LogP contribution < -0.4 is 0 Å². The highest BCUT2D eigenvalue weighted by Gasteiger charge is 2.14. The maximum absolute atomic E-state index is 5.24. The molecule has 10 rings (SSSR count). The molecule has 0 amide bonds. The van der Waals surface area contributed by atoms with E-state index in [1.807, 2.05) is 12.3 Å². The molecule has 2 aromatic heterocycles. The number of hydrogen-bond donors (Lipinski definition) is 0. The summed E-state index contributed by atoms with van der Waals surface area (Å²) in [4.78, 5) is 14.7. The van der Waals surface area contributed by atoms with Gasteiger partial charge in [0, 0.05) is 29.1 Å². The fourth-order valence-corrected chi connectivity index (χ4v) is 7.56. The second kappa shape index (κ2) is 13.4. The molecule has 0 fully saturated rings. The first-order valence-electron chi connectivity index (χ1n) is 18.2. The van der Waals surface area contributed by atoms with Crippen molar-refractivity contribution in [2.75, 3.05) is 0 Å². The number of rotatable bonds is 6. The first-order valence-corrected chi connectivity index (χ1v) is 18.2. The second-order valence-electron chi connectivity index (χ2n) is 13.7. The van der Waals surface area contributed by atoms with E-state index in [1.165, 1.54) is 37.9 Å². The highest BCUT2D eigenvalue weighted by Crippen LogP contribution is 2.37. The molecular weight excluding hydrogens is 655 g/mol. The molecule has 3 heteroatoms. The van der Waals surface area contributed by atoms with E-state index >= 15 is 0 Å². The van der Waals surface area contributed by atoms with Crippen LogP contribution in [-0.2, 0) is 0 Å². The van der Waals surface area contributed by atoms with Gasteiger partial charge in [-0.15, -0.1) is 0 Å². The molecule has 0 unspecified atom stereocenters. The molecule has 0 aliphatic carbocycles. The van der Waals surface area contributed by atoms with Crippen molar-refractivity contribution in [3.8, 4) is 67.3 Å². The average molecular weight is 688 g/mol. The highest BCUT2D eigenvalue weighted by atomic mass is 14.9. The molecule has 0 saturated heterocycles. The zero-order chi connectivity index (χ0) is 35.8. The van der Waals surface area contributed by atoms with Gasteiger partial charge in [-0.05, 0) is 96.0 Å². The Morgan fingerprint density at radius 3 is 1.61 bits per heavy atom. The topological polar surface area (TPSA) is 38.7 Å². The fraction of sp³-hybridized carbons (Fsp3) is 0. The summed E-state index contributed by atoms with van der Waals surface area (Å²) >= 11 is 0. The van der Waals surface area contributed by atoms with Gasteiger partial charge in [0.2, 0.25) is 0 Å². The zero-order valence-electron chi connectivity index (χ0n) is 29.4. The van der Waals surface area contributed by atoms with Gasteiger partial charge in [0.25, 0.3) is 0 Å². The molecule has 8 aromatic carbocycles. The van der Waals surface area contributed by atoms with Crippen LogP contribution in [0.4, 0.5) is 0 Å². The lowest BCUT2D eigenvalue weighted by Gasteiger charge is -2.13. The van der Waals surface area contributed by atoms with Crippen molar-refractivity contribution in [2.24, 2.45) is 0 Å². The number of aromatic nitrogens is 3. The summed E-state index contributed by atoms with van der Waals surface area (Å²) in [6.45, 7) is 0. The van der Waals surface area contributed by atoms with Gasteiger partial charge in [-0.3, -0.25) is 4.98 Å². The third kappa shape index (κ3) is 5.88. The Labute approximate surface area is 313 Å². The number of fused-ring (bicyclic) bond motifs is 4. The molecule has 0 saturated carbocycles. The number of benzene rings is 8. The maximum atomic E-state index is 5.24. The molecule has 0 aliphatic rings. The second-order valence-corrected chi connectivity index (χ2v) is 13.7. The summed E-state index contributed by atoms with van der Waals surface area (Å²) in [5.74, 6) is 0.692. The van der Waals surface area contributed by atoms with E-state index in [-0.39, 0.29) is 0 Å². The Hall–Kier alpha value is -7.23. The van der Waals surface area contributed by atoms with Gasteiger partial charge in [0.15, 0.2) is 5.82 Å². The molecule has 0 N–H and O–H groups in total. The van der Waals surface area contributed by atoms with Crippen molar-refractivity contribution in [2.45, 2.75) is 0 Å². The van der Waals surface area contributed by atoms with Crippen LogP contribution in [0.1, 0.15) is 0 Å². The Balaban J connectivity index is 1.07. The van der Waals surface area contributed by atoms with E-state index in [0.717, 1.165) is 55.9 Å². The molecule has 2 heterocycles.